The number of thiazole rings is 1. The average Bonchev–Trinajstić information content (AvgIpc) is 3.13. The van der Waals surface area contributed by atoms with Crippen LogP contribution in [0.15, 0.2) is 9.90 Å². The lowest BCUT2D eigenvalue weighted by Crippen LogP contribution is -2.10. The van der Waals surface area contributed by atoms with Gasteiger partial charge in [0.25, 0.3) is 0 Å². The van der Waals surface area contributed by atoms with Gasteiger partial charge in [0.05, 0.1) is 12.1 Å². The lowest BCUT2D eigenvalue weighted by atomic mass is 9.88. The minimum atomic E-state index is 0.525. The van der Waals surface area contributed by atoms with Crippen LogP contribution in [0, 0.1) is 11.8 Å². The van der Waals surface area contributed by atoms with Crippen LogP contribution < -0.4 is 5.73 Å². The smallest absolute Gasteiger partial charge is 0.232 e. The molecule has 2 fully saturated rings. The summed E-state index contributed by atoms with van der Waals surface area (Å²) in [6.07, 6.45) is 5.91. The first kappa shape index (κ1) is 11.4. The zero-order valence-electron chi connectivity index (χ0n) is 10.6. The summed E-state index contributed by atoms with van der Waals surface area (Å²) in [4.78, 5) is 8.78. The molecule has 2 saturated carbocycles. The molecule has 3 atom stereocenters. The quantitative estimate of drug-likeness (QED) is 0.932. The van der Waals surface area contributed by atoms with Crippen LogP contribution in [-0.4, -0.2) is 15.1 Å². The Labute approximate surface area is 115 Å². The van der Waals surface area contributed by atoms with Crippen molar-refractivity contribution in [1.29, 1.82) is 0 Å². The van der Waals surface area contributed by atoms with Gasteiger partial charge in [-0.05, 0) is 31.1 Å². The van der Waals surface area contributed by atoms with E-state index in [4.69, 9.17) is 10.3 Å². The molecule has 4 rings (SSSR count). The maximum absolute atomic E-state index is 5.62. The van der Waals surface area contributed by atoms with Crippen molar-refractivity contribution in [3.8, 4) is 0 Å². The third kappa shape index (κ3) is 2.04. The van der Waals surface area contributed by atoms with Gasteiger partial charge in [-0.25, -0.2) is 4.98 Å². The molecule has 2 aliphatic rings. The van der Waals surface area contributed by atoms with Crippen molar-refractivity contribution in [2.75, 3.05) is 5.73 Å². The van der Waals surface area contributed by atoms with Gasteiger partial charge < -0.3 is 10.3 Å². The summed E-state index contributed by atoms with van der Waals surface area (Å²) in [7, 11) is 0. The van der Waals surface area contributed by atoms with E-state index in [1.165, 1.54) is 37.0 Å². The van der Waals surface area contributed by atoms with Crippen LogP contribution in [-0.2, 0) is 6.42 Å². The van der Waals surface area contributed by atoms with Gasteiger partial charge >= 0.3 is 0 Å². The Morgan fingerprint density at radius 2 is 2.26 bits per heavy atom. The summed E-state index contributed by atoms with van der Waals surface area (Å²) in [5, 5.41) is 6.71. The van der Waals surface area contributed by atoms with Crippen molar-refractivity contribution in [2.24, 2.45) is 11.8 Å². The normalized spacial score (nSPS) is 29.2. The van der Waals surface area contributed by atoms with Gasteiger partial charge in [0.2, 0.25) is 5.89 Å². The lowest BCUT2D eigenvalue weighted by molar-refractivity contribution is 0.354. The van der Waals surface area contributed by atoms with E-state index in [9.17, 15) is 0 Å². The van der Waals surface area contributed by atoms with E-state index in [1.54, 1.807) is 0 Å². The van der Waals surface area contributed by atoms with Crippen molar-refractivity contribution in [1.82, 2.24) is 15.1 Å². The standard InChI is InChI=1S/C13H16N4OS/c14-13-15-9(6-19-13)5-11-16-12(17-18-11)10-4-7-1-2-8(10)3-7/h6-8,10H,1-5H2,(H2,14,15). The highest BCUT2D eigenvalue weighted by Gasteiger charge is 2.42. The molecule has 0 saturated heterocycles. The minimum Gasteiger partial charge on any atom is -0.375 e. The number of nitrogen functional groups attached to an aromatic ring is 1. The fraction of sp³-hybridized carbons (Fsp3) is 0.615. The highest BCUT2D eigenvalue weighted by Crippen LogP contribution is 2.52. The van der Waals surface area contributed by atoms with Crippen LogP contribution in [0.3, 0.4) is 0 Å². The van der Waals surface area contributed by atoms with Crippen LogP contribution in [0.4, 0.5) is 5.13 Å². The van der Waals surface area contributed by atoms with Crippen molar-refractivity contribution < 1.29 is 4.52 Å². The number of hydrogen-bond acceptors (Lipinski definition) is 6. The minimum absolute atomic E-state index is 0.525. The first-order valence-electron chi connectivity index (χ1n) is 6.80. The van der Waals surface area contributed by atoms with Crippen molar-refractivity contribution in [3.63, 3.8) is 0 Å². The monoisotopic (exact) mass is 276 g/mol. The van der Waals surface area contributed by atoms with Crippen LogP contribution >= 0.6 is 11.3 Å². The summed E-state index contributed by atoms with van der Waals surface area (Å²) in [5.41, 5.74) is 6.53. The number of hydrogen-bond donors (Lipinski definition) is 1. The fourth-order valence-electron chi connectivity index (χ4n) is 3.61. The molecule has 19 heavy (non-hydrogen) atoms. The predicted molar refractivity (Wildman–Crippen MR) is 71.8 cm³/mol. The SMILES string of the molecule is Nc1nc(Cc2nc(C3CC4CCC3C4)no2)cs1. The molecule has 0 aromatic carbocycles. The predicted octanol–water partition coefficient (Wildman–Crippen LogP) is 2.60. The topological polar surface area (TPSA) is 77.8 Å². The first-order valence-corrected chi connectivity index (χ1v) is 7.68. The summed E-state index contributed by atoms with van der Waals surface area (Å²) < 4.78 is 5.36. The Kier molecular flexibility index (Phi) is 2.58. The van der Waals surface area contributed by atoms with E-state index >= 15 is 0 Å². The molecular formula is C13H16N4OS. The van der Waals surface area contributed by atoms with Crippen LogP contribution in [0.1, 0.15) is 49.0 Å². The molecule has 0 amide bonds. The Morgan fingerprint density at radius 3 is 2.95 bits per heavy atom. The third-order valence-corrected chi connectivity index (χ3v) is 5.18. The van der Waals surface area contributed by atoms with Gasteiger partial charge in [-0.1, -0.05) is 11.6 Å². The van der Waals surface area contributed by atoms with Crippen LogP contribution in [0.2, 0.25) is 0 Å². The number of nitrogens with zero attached hydrogens (tertiary/aromatic N) is 3. The molecule has 2 N–H and O–H groups in total. The lowest BCUT2D eigenvalue weighted by Gasteiger charge is -2.17. The largest absolute Gasteiger partial charge is 0.375 e. The average molecular weight is 276 g/mol. The van der Waals surface area contributed by atoms with E-state index in [1.807, 2.05) is 5.38 Å². The highest BCUT2D eigenvalue weighted by atomic mass is 32.1. The Morgan fingerprint density at radius 1 is 1.32 bits per heavy atom. The zero-order chi connectivity index (χ0) is 12.8. The van der Waals surface area contributed by atoms with E-state index in [0.717, 1.165) is 23.4 Å². The number of fused-ring (bicyclic) bond motifs is 2. The molecular weight excluding hydrogens is 260 g/mol. The number of nitrogens with two attached hydrogens (primary N) is 1. The van der Waals surface area contributed by atoms with Crippen molar-refractivity contribution in [2.45, 2.75) is 38.0 Å². The second-order valence-electron chi connectivity index (χ2n) is 5.68. The molecule has 0 spiro atoms. The molecule has 2 heterocycles. The number of rotatable bonds is 3. The summed E-state index contributed by atoms with van der Waals surface area (Å²) in [6.45, 7) is 0. The number of anilines is 1. The van der Waals surface area contributed by atoms with E-state index < -0.39 is 0 Å². The molecule has 2 aromatic rings. The second-order valence-corrected chi connectivity index (χ2v) is 6.57. The van der Waals surface area contributed by atoms with Crippen LogP contribution in [0.5, 0.6) is 0 Å². The maximum atomic E-state index is 5.62. The zero-order valence-corrected chi connectivity index (χ0v) is 11.4. The molecule has 3 unspecified atom stereocenters. The molecule has 0 radical (unpaired) electrons. The summed E-state index contributed by atoms with van der Waals surface area (Å²) in [5.74, 6) is 3.77. The van der Waals surface area contributed by atoms with Crippen LogP contribution in [0.25, 0.3) is 0 Å². The van der Waals surface area contributed by atoms with Gasteiger partial charge in [0, 0.05) is 11.3 Å². The first-order chi connectivity index (χ1) is 9.28. The second kappa shape index (κ2) is 4.30. The van der Waals surface area contributed by atoms with Gasteiger partial charge in [0.1, 0.15) is 0 Å². The summed E-state index contributed by atoms with van der Waals surface area (Å²) >= 11 is 1.44. The molecule has 100 valence electrons. The molecule has 0 aliphatic heterocycles. The summed E-state index contributed by atoms with van der Waals surface area (Å²) in [6, 6.07) is 0. The van der Waals surface area contributed by atoms with Crippen molar-refractivity contribution >= 4 is 16.5 Å². The molecule has 2 bridgehead atoms. The molecule has 2 aromatic heterocycles. The van der Waals surface area contributed by atoms with E-state index in [2.05, 4.69) is 15.1 Å². The van der Waals surface area contributed by atoms with Gasteiger partial charge in [-0.15, -0.1) is 11.3 Å². The molecule has 2 aliphatic carbocycles. The highest BCUT2D eigenvalue weighted by molar-refractivity contribution is 7.13. The number of aromatic nitrogens is 3. The van der Waals surface area contributed by atoms with Gasteiger partial charge in [0.15, 0.2) is 11.0 Å². The van der Waals surface area contributed by atoms with Crippen molar-refractivity contribution in [3.05, 3.63) is 22.8 Å². The Bertz CT molecular complexity index is 593. The van der Waals surface area contributed by atoms with E-state index in [0.29, 0.717) is 23.4 Å². The van der Waals surface area contributed by atoms with E-state index in [-0.39, 0.29) is 0 Å². The van der Waals surface area contributed by atoms with Gasteiger partial charge in [-0.2, -0.15) is 4.98 Å². The Balaban J connectivity index is 1.50. The maximum Gasteiger partial charge on any atom is 0.232 e. The fourth-order valence-corrected chi connectivity index (χ4v) is 4.17. The van der Waals surface area contributed by atoms with Gasteiger partial charge in [-0.3, -0.25) is 0 Å². The third-order valence-electron chi connectivity index (χ3n) is 4.46. The molecule has 6 heteroatoms. The molecule has 5 nitrogen and oxygen atoms in total. The Hall–Kier alpha value is -1.43.